The molecule has 21 heavy (non-hydrogen) atoms. The summed E-state index contributed by atoms with van der Waals surface area (Å²) in [5.74, 6) is -1.93. The second-order valence-electron chi connectivity index (χ2n) is 5.63. The Hall–Kier alpha value is 0.480. The van der Waals surface area contributed by atoms with Crippen LogP contribution in [0.2, 0.25) is 0 Å². The Balaban J connectivity index is 2.03. The number of hydrogen-bond acceptors (Lipinski definition) is 4. The Morgan fingerprint density at radius 2 is 1.29 bits per heavy atom. The molecular weight excluding hydrogens is 362 g/mol. The molecule has 0 radical (unpaired) electrons. The minimum absolute atomic E-state index is 0.246. The fraction of sp³-hybridized carbons (Fsp3) is 0.692. The first-order valence-corrected chi connectivity index (χ1v) is 7.96. The molecule has 0 unspecified atom stereocenters. The van der Waals surface area contributed by atoms with Gasteiger partial charge < -0.3 is 9.47 Å². The summed E-state index contributed by atoms with van der Waals surface area (Å²) in [5.41, 5.74) is 0. The van der Waals surface area contributed by atoms with Gasteiger partial charge in [-0.15, -0.1) is 23.2 Å². The van der Waals surface area contributed by atoms with Crippen LogP contribution < -0.4 is 0 Å². The second kappa shape index (κ2) is 4.31. The first-order valence-electron chi connectivity index (χ1n) is 6.45. The maximum Gasteiger partial charge on any atom is 0.217 e. The van der Waals surface area contributed by atoms with Crippen LogP contribution in [0.5, 0.6) is 0 Å². The zero-order valence-electron chi connectivity index (χ0n) is 11.1. The van der Waals surface area contributed by atoms with Crippen molar-refractivity contribution in [2.45, 2.75) is 27.7 Å². The molecule has 0 aromatic heterocycles. The van der Waals surface area contributed by atoms with E-state index in [2.05, 4.69) is 0 Å². The second-order valence-corrected chi connectivity index (χ2v) is 7.58. The van der Waals surface area contributed by atoms with Crippen molar-refractivity contribution in [1.82, 2.24) is 0 Å². The molecule has 0 spiro atoms. The summed E-state index contributed by atoms with van der Waals surface area (Å²) in [6.45, 7) is 0. The molecule has 0 aromatic rings. The number of methoxy groups -OCH3 is 2. The average molecular weight is 374 g/mol. The van der Waals surface area contributed by atoms with E-state index in [4.69, 9.17) is 65.7 Å². The summed E-state index contributed by atoms with van der Waals surface area (Å²) in [4.78, 5) is 8.23. The quantitative estimate of drug-likeness (QED) is 0.322. The third-order valence-corrected chi connectivity index (χ3v) is 7.79. The van der Waals surface area contributed by atoms with E-state index in [1.165, 1.54) is 14.2 Å². The Labute approximate surface area is 141 Å². The number of alkyl halides is 2. The van der Waals surface area contributed by atoms with E-state index in [0.717, 1.165) is 0 Å². The third kappa shape index (κ3) is 1.26. The van der Waals surface area contributed by atoms with E-state index in [1.54, 1.807) is 0 Å². The molecule has 5 rings (SSSR count). The normalized spacial score (nSPS) is 52.7. The van der Waals surface area contributed by atoms with Gasteiger partial charge in [0.1, 0.15) is 22.0 Å². The van der Waals surface area contributed by atoms with Crippen LogP contribution in [0.1, 0.15) is 0 Å². The van der Waals surface area contributed by atoms with Gasteiger partial charge in [-0.1, -0.05) is 35.4 Å². The largest absolute Gasteiger partial charge is 0.350 e. The minimum atomic E-state index is -1.40. The van der Waals surface area contributed by atoms with Crippen molar-refractivity contribution < 1.29 is 19.2 Å². The average Bonchev–Trinajstić information content (AvgIpc) is 2.79. The van der Waals surface area contributed by atoms with Gasteiger partial charge in [0.05, 0.1) is 10.1 Å². The highest BCUT2D eigenvalue weighted by Crippen LogP contribution is 2.76. The van der Waals surface area contributed by atoms with Crippen molar-refractivity contribution in [3.63, 3.8) is 0 Å². The van der Waals surface area contributed by atoms with Crippen LogP contribution in [0.15, 0.2) is 22.2 Å². The van der Waals surface area contributed by atoms with Crippen LogP contribution in [0, 0.1) is 11.8 Å². The van der Waals surface area contributed by atoms with Crippen LogP contribution >= 0.6 is 46.4 Å². The molecule has 5 aliphatic rings. The molecule has 4 nitrogen and oxygen atoms in total. The Kier molecular flexibility index (Phi) is 3.08. The number of halogens is 4. The molecule has 3 aliphatic carbocycles. The maximum absolute atomic E-state index is 6.94. The van der Waals surface area contributed by atoms with Crippen LogP contribution in [0.4, 0.5) is 0 Å². The van der Waals surface area contributed by atoms with Gasteiger partial charge in [-0.05, 0) is 0 Å². The zero-order valence-corrected chi connectivity index (χ0v) is 14.1. The molecule has 2 fully saturated rings. The highest BCUT2D eigenvalue weighted by Gasteiger charge is 2.87. The van der Waals surface area contributed by atoms with Crippen LogP contribution in [0.25, 0.3) is 0 Å². The van der Waals surface area contributed by atoms with Gasteiger partial charge >= 0.3 is 0 Å². The molecule has 0 N–H and O–H groups in total. The molecule has 1 saturated carbocycles. The summed E-state index contributed by atoms with van der Waals surface area (Å²) in [7, 11) is 2.96. The Morgan fingerprint density at radius 1 is 0.905 bits per heavy atom. The van der Waals surface area contributed by atoms with Gasteiger partial charge in [-0.3, -0.25) is 0 Å². The number of hydrogen-bond donors (Lipinski definition) is 0. The number of rotatable bonds is 2. The smallest absolute Gasteiger partial charge is 0.217 e. The molecule has 6 atom stereocenters. The van der Waals surface area contributed by atoms with Crippen LogP contribution in [-0.4, -0.2) is 42.0 Å². The highest BCUT2D eigenvalue weighted by atomic mass is 35.5. The summed E-state index contributed by atoms with van der Waals surface area (Å²) >= 11 is 26.8. The summed E-state index contributed by atoms with van der Waals surface area (Å²) < 4.78 is 11.3. The van der Waals surface area contributed by atoms with Gasteiger partial charge in [0.15, 0.2) is 0 Å². The van der Waals surface area contributed by atoms with Gasteiger partial charge in [0.2, 0.25) is 5.79 Å². The lowest BCUT2D eigenvalue weighted by atomic mass is 9.72. The first kappa shape index (κ1) is 15.0. The molecule has 0 aromatic carbocycles. The van der Waals surface area contributed by atoms with Crippen LogP contribution in [0.3, 0.4) is 0 Å². The number of ether oxygens (including phenoxy) is 2. The van der Waals surface area contributed by atoms with E-state index in [9.17, 15) is 0 Å². The maximum atomic E-state index is 6.94. The van der Waals surface area contributed by atoms with Gasteiger partial charge in [-0.25, -0.2) is 9.78 Å². The predicted octanol–water partition coefficient (Wildman–Crippen LogP) is 3.15. The van der Waals surface area contributed by atoms with E-state index < -0.39 is 15.5 Å². The highest BCUT2D eigenvalue weighted by molar-refractivity contribution is 6.52. The van der Waals surface area contributed by atoms with E-state index in [1.807, 2.05) is 12.2 Å². The lowest BCUT2D eigenvalue weighted by Gasteiger charge is -2.47. The molecule has 4 bridgehead atoms. The lowest BCUT2D eigenvalue weighted by Crippen LogP contribution is -2.58. The monoisotopic (exact) mass is 372 g/mol. The van der Waals surface area contributed by atoms with Crippen molar-refractivity contribution in [1.29, 1.82) is 0 Å². The van der Waals surface area contributed by atoms with Crippen molar-refractivity contribution >= 4 is 46.4 Å². The van der Waals surface area contributed by atoms with E-state index in [0.29, 0.717) is 0 Å². The Morgan fingerprint density at radius 3 is 1.57 bits per heavy atom. The van der Waals surface area contributed by atoms with Gasteiger partial charge in [0.25, 0.3) is 0 Å². The van der Waals surface area contributed by atoms with Crippen molar-refractivity contribution in [3.05, 3.63) is 22.2 Å². The summed E-state index contributed by atoms with van der Waals surface area (Å²) in [6, 6.07) is 0. The van der Waals surface area contributed by atoms with E-state index in [-0.39, 0.29) is 34.1 Å². The topological polar surface area (TPSA) is 36.9 Å². The number of fused-ring (bicyclic) bond motifs is 3. The van der Waals surface area contributed by atoms with Gasteiger partial charge in [-0.2, -0.15) is 0 Å². The van der Waals surface area contributed by atoms with Gasteiger partial charge in [0, 0.05) is 26.1 Å². The molecule has 116 valence electrons. The van der Waals surface area contributed by atoms with Crippen LogP contribution in [-0.2, 0) is 19.2 Å². The molecule has 1 saturated heterocycles. The zero-order chi connectivity index (χ0) is 15.2. The predicted molar refractivity (Wildman–Crippen MR) is 78.5 cm³/mol. The SMILES string of the molecule is COC1(OC)[C@@]2(Cl)C(Cl)=C(Cl)[C@]1(Cl)[C@H]1[C@@H]2[C@H]2C=C[C@@H]1OO2. The fourth-order valence-electron chi connectivity index (χ4n) is 4.41. The first-order chi connectivity index (χ1) is 9.90. The fourth-order valence-corrected chi connectivity index (χ4v) is 6.67. The molecule has 8 heteroatoms. The van der Waals surface area contributed by atoms with Crippen molar-refractivity contribution in [2.75, 3.05) is 14.2 Å². The minimum Gasteiger partial charge on any atom is -0.350 e. The molecular formula is C13H12Cl4O4. The molecule has 2 heterocycles. The van der Waals surface area contributed by atoms with E-state index >= 15 is 0 Å². The van der Waals surface area contributed by atoms with Crippen molar-refractivity contribution in [3.8, 4) is 0 Å². The third-order valence-electron chi connectivity index (χ3n) is 5.15. The lowest BCUT2D eigenvalue weighted by molar-refractivity contribution is -0.387. The molecule has 2 aliphatic heterocycles. The molecule has 0 amide bonds. The van der Waals surface area contributed by atoms with Crippen molar-refractivity contribution in [2.24, 2.45) is 11.8 Å². The standard InChI is InChI=1S/C13H12Cl4O4/c1-18-13(19-2)11(16)7-5-3-4-6(21-20-5)8(7)12(13,17)10(15)9(11)14/h3-8H,1-2H3/t5-,6+,7+,8-,11+,12-. The Bertz CT molecular complexity index is 531. The summed E-state index contributed by atoms with van der Waals surface area (Å²) in [6.07, 6.45) is 3.02. The summed E-state index contributed by atoms with van der Waals surface area (Å²) in [5, 5.41) is 0.491.